The second kappa shape index (κ2) is 4.87. The molecule has 0 atom stereocenters. The molecule has 1 aromatic carbocycles. The lowest BCUT2D eigenvalue weighted by Crippen LogP contribution is -2.49. The van der Waals surface area contributed by atoms with E-state index in [-0.39, 0.29) is 5.75 Å². The van der Waals surface area contributed by atoms with Gasteiger partial charge in [-0.1, -0.05) is 53.7 Å². The maximum atomic E-state index is 12.5. The Labute approximate surface area is 121 Å². The lowest BCUT2D eigenvalue weighted by atomic mass is 9.62. The zero-order chi connectivity index (χ0) is 16.0. The van der Waals surface area contributed by atoms with Gasteiger partial charge in [0.1, 0.15) is 10.9 Å². The minimum Gasteiger partial charge on any atom is -0.508 e. The van der Waals surface area contributed by atoms with Crippen LogP contribution in [0.4, 0.5) is 0 Å². The van der Waals surface area contributed by atoms with Gasteiger partial charge in [0.15, 0.2) is 0 Å². The molecule has 0 fully saturated rings. The second-order valence-electron chi connectivity index (χ2n) is 7.30. The number of rotatable bonds is 2. The maximum absolute atomic E-state index is 12.5. The van der Waals surface area contributed by atoms with Crippen LogP contribution in [0.1, 0.15) is 47.1 Å². The molecule has 0 aliphatic carbocycles. The smallest absolute Gasteiger partial charge is 0.337 e. The van der Waals surface area contributed by atoms with Crippen LogP contribution in [0.2, 0.25) is 0 Å². The first-order valence-electron chi connectivity index (χ1n) is 6.60. The molecule has 0 amide bonds. The number of phenols is 1. The fourth-order valence-corrected chi connectivity index (χ4v) is 5.97. The number of benzene rings is 1. The van der Waals surface area contributed by atoms with E-state index in [9.17, 15) is 19.5 Å². The van der Waals surface area contributed by atoms with Crippen molar-refractivity contribution < 1.29 is 19.5 Å². The topological polar surface area (TPSA) is 77.8 Å². The molecule has 20 heavy (non-hydrogen) atoms. The van der Waals surface area contributed by atoms with E-state index in [2.05, 4.69) is 0 Å². The summed E-state index contributed by atoms with van der Waals surface area (Å²) in [5.74, 6) is 0.0798. The summed E-state index contributed by atoms with van der Waals surface area (Å²) >= 11 is 0. The van der Waals surface area contributed by atoms with Gasteiger partial charge < -0.3 is 14.9 Å². The molecule has 0 saturated heterocycles. The number of aromatic hydroxyl groups is 1. The Bertz CT molecular complexity index is 500. The largest absolute Gasteiger partial charge is 0.508 e. The summed E-state index contributed by atoms with van der Waals surface area (Å²) in [5.41, 5.74) is -0.786. The highest BCUT2D eigenvalue weighted by atomic mass is 31.2. The van der Waals surface area contributed by atoms with Gasteiger partial charge >= 0.3 is 7.60 Å². The minimum absolute atomic E-state index is 0.0798. The van der Waals surface area contributed by atoms with Crippen LogP contribution in [-0.2, 0) is 9.72 Å². The predicted octanol–water partition coefficient (Wildman–Crippen LogP) is 3.86. The Morgan fingerprint density at radius 2 is 1.20 bits per heavy atom. The molecule has 0 bridgehead atoms. The molecule has 114 valence electrons. The molecule has 0 radical (unpaired) electrons. The van der Waals surface area contributed by atoms with Crippen molar-refractivity contribution in [1.82, 2.24) is 0 Å². The Morgan fingerprint density at radius 3 is 1.45 bits per heavy atom. The van der Waals surface area contributed by atoms with E-state index in [1.807, 2.05) is 41.5 Å². The van der Waals surface area contributed by atoms with Crippen LogP contribution in [0.5, 0.6) is 5.75 Å². The highest BCUT2D eigenvalue weighted by molar-refractivity contribution is 7.53. The van der Waals surface area contributed by atoms with Crippen molar-refractivity contribution >= 4 is 7.60 Å². The minimum atomic E-state index is -4.47. The van der Waals surface area contributed by atoms with E-state index in [0.717, 1.165) is 0 Å². The van der Waals surface area contributed by atoms with Gasteiger partial charge in [-0.25, -0.2) is 0 Å². The standard InChI is InChI=1S/C15H25O4P/c1-13(2,3)15(14(4,5)6,20(17,18)19)11-7-9-12(16)10-8-11/h7-10,16H,1-6H3,(H2,17,18,19). The Morgan fingerprint density at radius 1 is 0.850 bits per heavy atom. The summed E-state index contributed by atoms with van der Waals surface area (Å²) in [4.78, 5) is 20.3. The Balaban J connectivity index is 3.82. The van der Waals surface area contributed by atoms with Gasteiger partial charge in [0, 0.05) is 0 Å². The van der Waals surface area contributed by atoms with Crippen LogP contribution in [0.25, 0.3) is 0 Å². The van der Waals surface area contributed by atoms with Crippen molar-refractivity contribution in [2.75, 3.05) is 0 Å². The van der Waals surface area contributed by atoms with Crippen LogP contribution in [0.15, 0.2) is 24.3 Å². The first-order chi connectivity index (χ1) is 8.75. The molecular weight excluding hydrogens is 275 g/mol. The van der Waals surface area contributed by atoms with E-state index < -0.39 is 23.6 Å². The van der Waals surface area contributed by atoms with Crippen molar-refractivity contribution in [2.45, 2.75) is 46.7 Å². The number of hydrogen-bond donors (Lipinski definition) is 3. The summed E-state index contributed by atoms with van der Waals surface area (Å²) in [5, 5.41) is 8.09. The lowest BCUT2D eigenvalue weighted by molar-refractivity contribution is 0.0984. The number of hydrogen-bond acceptors (Lipinski definition) is 2. The predicted molar refractivity (Wildman–Crippen MR) is 80.7 cm³/mol. The van der Waals surface area contributed by atoms with Gasteiger partial charge in [-0.15, -0.1) is 0 Å². The van der Waals surface area contributed by atoms with Gasteiger partial charge in [0.2, 0.25) is 0 Å². The normalized spacial score (nSPS) is 14.4. The van der Waals surface area contributed by atoms with Crippen LogP contribution in [0, 0.1) is 10.8 Å². The molecule has 5 heteroatoms. The quantitative estimate of drug-likeness (QED) is 0.725. The van der Waals surface area contributed by atoms with E-state index in [1.165, 1.54) is 12.1 Å². The third-order valence-electron chi connectivity index (χ3n) is 3.89. The van der Waals surface area contributed by atoms with Crippen LogP contribution in [-0.4, -0.2) is 14.9 Å². The Hall–Kier alpha value is -0.830. The van der Waals surface area contributed by atoms with Crippen LogP contribution in [0.3, 0.4) is 0 Å². The molecule has 0 spiro atoms. The van der Waals surface area contributed by atoms with Crippen molar-refractivity contribution in [3.05, 3.63) is 29.8 Å². The summed E-state index contributed by atoms with van der Waals surface area (Å²) in [7, 11) is -4.47. The molecule has 0 aliphatic rings. The van der Waals surface area contributed by atoms with Gasteiger partial charge in [0.25, 0.3) is 0 Å². The zero-order valence-corrected chi connectivity index (χ0v) is 13.9. The highest BCUT2D eigenvalue weighted by Crippen LogP contribution is 2.72. The summed E-state index contributed by atoms with van der Waals surface area (Å²) in [6.07, 6.45) is 0. The lowest BCUT2D eigenvalue weighted by Gasteiger charge is -2.53. The Kier molecular flexibility index (Phi) is 4.19. The maximum Gasteiger partial charge on any atom is 0.337 e. The molecule has 0 saturated carbocycles. The molecule has 3 N–H and O–H groups in total. The molecule has 0 heterocycles. The van der Waals surface area contributed by atoms with Gasteiger partial charge in [-0.3, -0.25) is 4.57 Å². The molecular formula is C15H25O4P. The molecule has 0 aromatic heterocycles. The molecule has 1 rings (SSSR count). The third-order valence-corrected chi connectivity index (χ3v) is 6.37. The average Bonchev–Trinajstić information content (AvgIpc) is 2.14. The molecule has 1 aromatic rings. The first-order valence-corrected chi connectivity index (χ1v) is 8.21. The van der Waals surface area contributed by atoms with Gasteiger partial charge in [0.05, 0.1) is 0 Å². The van der Waals surface area contributed by atoms with E-state index >= 15 is 0 Å². The zero-order valence-electron chi connectivity index (χ0n) is 13.0. The number of phenolic OH excluding ortho intramolecular Hbond substituents is 1. The van der Waals surface area contributed by atoms with Crippen molar-refractivity contribution in [1.29, 1.82) is 0 Å². The monoisotopic (exact) mass is 300 g/mol. The van der Waals surface area contributed by atoms with Crippen molar-refractivity contribution in [3.8, 4) is 5.75 Å². The highest BCUT2D eigenvalue weighted by Gasteiger charge is 2.62. The van der Waals surface area contributed by atoms with E-state index in [1.54, 1.807) is 12.1 Å². The van der Waals surface area contributed by atoms with Crippen LogP contribution < -0.4 is 0 Å². The molecule has 0 unspecified atom stereocenters. The fourth-order valence-electron chi connectivity index (χ4n) is 3.74. The summed E-state index contributed by atoms with van der Waals surface area (Å²) in [6.45, 7) is 11.0. The average molecular weight is 300 g/mol. The van der Waals surface area contributed by atoms with Crippen molar-refractivity contribution in [2.24, 2.45) is 10.8 Å². The third kappa shape index (κ3) is 2.52. The van der Waals surface area contributed by atoms with Gasteiger partial charge in [-0.05, 0) is 28.5 Å². The van der Waals surface area contributed by atoms with Crippen LogP contribution >= 0.6 is 7.60 Å². The molecule has 4 nitrogen and oxygen atoms in total. The van der Waals surface area contributed by atoms with Crippen molar-refractivity contribution in [3.63, 3.8) is 0 Å². The summed E-state index contributed by atoms with van der Waals surface area (Å²) < 4.78 is 12.5. The van der Waals surface area contributed by atoms with E-state index in [0.29, 0.717) is 5.56 Å². The fraction of sp³-hybridized carbons (Fsp3) is 0.600. The van der Waals surface area contributed by atoms with Gasteiger partial charge in [-0.2, -0.15) is 0 Å². The molecule has 0 aliphatic heterocycles. The summed E-state index contributed by atoms with van der Waals surface area (Å²) in [6, 6.07) is 6.14. The van der Waals surface area contributed by atoms with E-state index in [4.69, 9.17) is 0 Å². The second-order valence-corrected chi connectivity index (χ2v) is 9.06. The SMILES string of the molecule is CC(C)(C)C(c1ccc(O)cc1)(C(C)(C)C)P(=O)(O)O. The first kappa shape index (κ1) is 17.2.